The molecule has 2 fully saturated rings. The molecule has 0 radical (unpaired) electrons. The van der Waals surface area contributed by atoms with Gasteiger partial charge >= 0.3 is 0 Å². The molecule has 2 saturated heterocycles. The van der Waals surface area contributed by atoms with Crippen molar-refractivity contribution in [2.24, 2.45) is 4.99 Å². The van der Waals surface area contributed by atoms with E-state index in [1.807, 2.05) is 55.6 Å². The maximum Gasteiger partial charge on any atom is 0.186 e. The van der Waals surface area contributed by atoms with Crippen LogP contribution in [0.5, 0.6) is 5.75 Å². The first-order valence-corrected chi connectivity index (χ1v) is 11.5. The van der Waals surface area contributed by atoms with E-state index in [4.69, 9.17) is 33.4 Å². The molecule has 170 valence electrons. The molecule has 2 aromatic rings. The van der Waals surface area contributed by atoms with E-state index in [1.165, 1.54) is 0 Å². The molecule has 0 N–H and O–H groups in total. The van der Waals surface area contributed by atoms with E-state index in [2.05, 4.69) is 6.07 Å². The quantitative estimate of drug-likeness (QED) is 0.694. The van der Waals surface area contributed by atoms with E-state index in [1.54, 1.807) is 25.6 Å². The van der Waals surface area contributed by atoms with Crippen LogP contribution in [-0.4, -0.2) is 63.0 Å². The van der Waals surface area contributed by atoms with Gasteiger partial charge in [0.15, 0.2) is 18.2 Å². The molecule has 5 rings (SSSR count). The van der Waals surface area contributed by atoms with Gasteiger partial charge in [0.1, 0.15) is 29.8 Å². The summed E-state index contributed by atoms with van der Waals surface area (Å²) in [5.41, 5.74) is 1.77. The highest BCUT2D eigenvalue weighted by molar-refractivity contribution is 7.12. The Morgan fingerprint density at radius 3 is 2.50 bits per heavy atom. The number of hydrogen-bond donors (Lipinski definition) is 0. The Kier molecular flexibility index (Phi) is 5.81. The van der Waals surface area contributed by atoms with Crippen molar-refractivity contribution < 1.29 is 28.4 Å². The molecule has 0 spiro atoms. The summed E-state index contributed by atoms with van der Waals surface area (Å²) in [5, 5.41) is 2.04. The second-order valence-electron chi connectivity index (χ2n) is 8.37. The first-order chi connectivity index (χ1) is 15.5. The van der Waals surface area contributed by atoms with Crippen molar-refractivity contribution in [1.29, 1.82) is 0 Å². The number of hydrogen-bond acceptors (Lipinski definition) is 8. The van der Waals surface area contributed by atoms with Crippen LogP contribution >= 0.6 is 11.3 Å². The summed E-state index contributed by atoms with van der Waals surface area (Å²) in [6.07, 6.45) is -0.0737. The predicted molar refractivity (Wildman–Crippen MR) is 121 cm³/mol. The van der Waals surface area contributed by atoms with Crippen molar-refractivity contribution in [2.75, 3.05) is 20.8 Å². The van der Waals surface area contributed by atoms with Crippen molar-refractivity contribution in [3.05, 3.63) is 58.3 Å². The molecule has 8 heteroatoms. The van der Waals surface area contributed by atoms with Crippen LogP contribution in [0.25, 0.3) is 5.76 Å². The summed E-state index contributed by atoms with van der Waals surface area (Å²) >= 11 is 1.64. The highest BCUT2D eigenvalue weighted by atomic mass is 32.1. The Hall–Kier alpha value is -2.23. The molecule has 0 amide bonds. The van der Waals surface area contributed by atoms with Gasteiger partial charge < -0.3 is 28.4 Å². The summed E-state index contributed by atoms with van der Waals surface area (Å²) in [5.74, 6) is 0.718. The van der Waals surface area contributed by atoms with Crippen LogP contribution in [0, 0.1) is 0 Å². The lowest BCUT2D eigenvalue weighted by Crippen LogP contribution is -2.58. The third kappa shape index (κ3) is 4.09. The topological polar surface area (TPSA) is 67.7 Å². The second-order valence-corrected chi connectivity index (χ2v) is 9.31. The lowest BCUT2D eigenvalue weighted by molar-refractivity contribution is -0.263. The molecule has 3 aliphatic rings. The Morgan fingerprint density at radius 2 is 1.81 bits per heavy atom. The summed E-state index contributed by atoms with van der Waals surface area (Å²) in [4.78, 5) is 5.97. The van der Waals surface area contributed by atoms with E-state index in [0.29, 0.717) is 12.3 Å². The van der Waals surface area contributed by atoms with Crippen LogP contribution in [0.1, 0.15) is 24.3 Å². The molecule has 4 heterocycles. The molecule has 0 aliphatic carbocycles. The van der Waals surface area contributed by atoms with Gasteiger partial charge in [0, 0.05) is 18.7 Å². The Balaban J connectivity index is 1.55. The normalized spacial score (nSPS) is 32.9. The number of ether oxygens (including phenoxy) is 6. The van der Waals surface area contributed by atoms with Crippen molar-refractivity contribution >= 4 is 22.8 Å². The minimum absolute atomic E-state index is 0.351. The molecule has 0 saturated carbocycles. The standard InChI is InChI=1S/C24H27NO6S/c1-24(2)30-21-20-18(29-23(27-4)22(21)31-24)13-25-16(19-6-5-11-32-19)12-17(28-20)14-7-9-15(26-3)10-8-14/h5-12,18,20-23H,13H2,1-4H3/b17-12-,25-16?/t18-,20-,21+,22+,23+/m1/s1. The van der Waals surface area contributed by atoms with Crippen LogP contribution in [0.4, 0.5) is 0 Å². The Bertz CT molecular complexity index is 1000. The average Bonchev–Trinajstić information content (AvgIpc) is 3.41. The third-order valence-electron chi connectivity index (χ3n) is 5.78. The highest BCUT2D eigenvalue weighted by Crippen LogP contribution is 2.41. The van der Waals surface area contributed by atoms with Gasteiger partial charge in [-0.05, 0) is 49.6 Å². The maximum atomic E-state index is 6.64. The van der Waals surface area contributed by atoms with E-state index in [-0.39, 0.29) is 12.2 Å². The molecule has 1 aromatic heterocycles. The number of benzene rings is 1. The fraction of sp³-hybridized carbons (Fsp3) is 0.458. The van der Waals surface area contributed by atoms with Crippen molar-refractivity contribution in [3.63, 3.8) is 0 Å². The van der Waals surface area contributed by atoms with Gasteiger partial charge in [-0.15, -0.1) is 11.3 Å². The number of allylic oxidation sites excluding steroid dienone is 1. The molecular formula is C24H27NO6S. The molecule has 5 atom stereocenters. The SMILES string of the molecule is COc1ccc(/C2=C/C(c3cccs3)=NC[C@H]3O[C@H](OC)[C@H]4OC(C)(C)O[C@H]4[C@@H]3O2)cc1. The zero-order chi connectivity index (χ0) is 22.3. The highest BCUT2D eigenvalue weighted by Gasteiger charge is 2.57. The van der Waals surface area contributed by atoms with Gasteiger partial charge in [-0.3, -0.25) is 4.99 Å². The number of methoxy groups -OCH3 is 2. The average molecular weight is 458 g/mol. The molecule has 1 aromatic carbocycles. The van der Waals surface area contributed by atoms with Gasteiger partial charge in [-0.2, -0.15) is 0 Å². The molecule has 3 aliphatic heterocycles. The van der Waals surface area contributed by atoms with Crippen LogP contribution in [-0.2, 0) is 23.7 Å². The maximum absolute atomic E-state index is 6.64. The molecular weight excluding hydrogens is 430 g/mol. The van der Waals surface area contributed by atoms with Crippen molar-refractivity contribution in [3.8, 4) is 5.75 Å². The predicted octanol–water partition coefficient (Wildman–Crippen LogP) is 3.88. The Morgan fingerprint density at radius 1 is 1.03 bits per heavy atom. The largest absolute Gasteiger partial charge is 0.497 e. The summed E-state index contributed by atoms with van der Waals surface area (Å²) < 4.78 is 36.2. The number of nitrogens with zero attached hydrogens (tertiary/aromatic N) is 1. The molecule has 32 heavy (non-hydrogen) atoms. The van der Waals surface area contributed by atoms with Crippen LogP contribution in [0.2, 0.25) is 0 Å². The van der Waals surface area contributed by atoms with Gasteiger partial charge in [-0.1, -0.05) is 6.07 Å². The zero-order valence-electron chi connectivity index (χ0n) is 18.5. The lowest BCUT2D eigenvalue weighted by atomic mass is 9.97. The lowest BCUT2D eigenvalue weighted by Gasteiger charge is -2.42. The summed E-state index contributed by atoms with van der Waals surface area (Å²) in [7, 11) is 3.27. The second kappa shape index (κ2) is 8.61. The van der Waals surface area contributed by atoms with Crippen LogP contribution in [0.3, 0.4) is 0 Å². The molecule has 0 unspecified atom stereocenters. The van der Waals surface area contributed by atoms with E-state index in [0.717, 1.165) is 21.9 Å². The zero-order valence-corrected chi connectivity index (χ0v) is 19.3. The monoisotopic (exact) mass is 457 g/mol. The number of rotatable bonds is 4. The van der Waals surface area contributed by atoms with E-state index >= 15 is 0 Å². The smallest absolute Gasteiger partial charge is 0.186 e. The van der Waals surface area contributed by atoms with Gasteiger partial charge in [0.25, 0.3) is 0 Å². The summed E-state index contributed by atoms with van der Waals surface area (Å²) in [6.45, 7) is 4.21. The van der Waals surface area contributed by atoms with Crippen LogP contribution in [0.15, 0.2) is 52.8 Å². The van der Waals surface area contributed by atoms with Gasteiger partial charge in [0.05, 0.1) is 24.2 Å². The van der Waals surface area contributed by atoms with Crippen molar-refractivity contribution in [2.45, 2.75) is 50.3 Å². The number of fused-ring (bicyclic) bond motifs is 3. The molecule has 7 nitrogen and oxygen atoms in total. The van der Waals surface area contributed by atoms with Crippen molar-refractivity contribution in [1.82, 2.24) is 0 Å². The van der Waals surface area contributed by atoms with Crippen LogP contribution < -0.4 is 4.74 Å². The minimum Gasteiger partial charge on any atom is -0.497 e. The summed E-state index contributed by atoms with van der Waals surface area (Å²) in [6, 6.07) is 11.8. The minimum atomic E-state index is -0.758. The van der Waals surface area contributed by atoms with Gasteiger partial charge in [0.2, 0.25) is 0 Å². The van der Waals surface area contributed by atoms with E-state index in [9.17, 15) is 0 Å². The third-order valence-corrected chi connectivity index (χ3v) is 6.68. The first kappa shape index (κ1) is 21.6. The number of thiophene rings is 1. The Labute approximate surface area is 191 Å². The van der Waals surface area contributed by atoms with Gasteiger partial charge in [-0.25, -0.2) is 0 Å². The fourth-order valence-electron chi connectivity index (χ4n) is 4.32. The number of aliphatic imine (C=N–C) groups is 1. The first-order valence-electron chi connectivity index (χ1n) is 10.6. The van der Waals surface area contributed by atoms with E-state index < -0.39 is 24.3 Å². The fourth-order valence-corrected chi connectivity index (χ4v) is 5.02. The molecule has 0 bridgehead atoms.